The van der Waals surface area contributed by atoms with Gasteiger partial charge in [0, 0.05) is 23.4 Å². The van der Waals surface area contributed by atoms with Crippen LogP contribution in [0.15, 0.2) is 53.7 Å². The molecule has 0 radical (unpaired) electrons. The van der Waals surface area contributed by atoms with Gasteiger partial charge in [-0.15, -0.1) is 10.2 Å². The van der Waals surface area contributed by atoms with Crippen molar-refractivity contribution in [2.45, 2.75) is 43.8 Å². The number of nitrogens with zero attached hydrogens (tertiary/aromatic N) is 4. The number of hydrogen-bond donors (Lipinski definition) is 1. The lowest BCUT2D eigenvalue weighted by atomic mass is 9.99. The maximum absolute atomic E-state index is 13.0. The fourth-order valence-corrected chi connectivity index (χ4v) is 5.29. The van der Waals surface area contributed by atoms with Gasteiger partial charge < -0.3 is 5.32 Å². The van der Waals surface area contributed by atoms with Gasteiger partial charge in [0.15, 0.2) is 16.8 Å². The van der Waals surface area contributed by atoms with Crippen LogP contribution in [0, 0.1) is 0 Å². The van der Waals surface area contributed by atoms with Gasteiger partial charge in [-0.3, -0.25) is 19.1 Å². The van der Waals surface area contributed by atoms with Crippen LogP contribution in [0.5, 0.6) is 0 Å². The predicted molar refractivity (Wildman–Crippen MR) is 129 cm³/mol. The average molecular weight is 462 g/mol. The number of para-hydroxylation sites is 1. The fourth-order valence-electron chi connectivity index (χ4n) is 4.42. The summed E-state index contributed by atoms with van der Waals surface area (Å²) in [6.07, 6.45) is 4.86. The predicted octanol–water partition coefficient (Wildman–Crippen LogP) is 4.11. The van der Waals surface area contributed by atoms with E-state index < -0.39 is 0 Å². The Kier molecular flexibility index (Phi) is 6.55. The molecule has 3 aromatic rings. The second kappa shape index (κ2) is 9.89. The first-order valence-electron chi connectivity index (χ1n) is 11.5. The summed E-state index contributed by atoms with van der Waals surface area (Å²) < 4.78 is 2.08. The third-order valence-corrected chi connectivity index (χ3v) is 7.11. The van der Waals surface area contributed by atoms with Crippen LogP contribution in [0.25, 0.3) is 5.69 Å². The molecule has 1 fully saturated rings. The first kappa shape index (κ1) is 21.9. The van der Waals surface area contributed by atoms with Crippen molar-refractivity contribution in [3.05, 3.63) is 65.5 Å². The molecule has 0 saturated carbocycles. The van der Waals surface area contributed by atoms with Crippen molar-refractivity contribution in [3.8, 4) is 5.69 Å². The van der Waals surface area contributed by atoms with Crippen molar-refractivity contribution in [1.82, 2.24) is 19.7 Å². The standard InChI is InChI=1S/C25H27N5O2S/c31-22(19-9-11-21-18(15-19)10-12-24(32)26-21)17-33-25-28-27-23(16-29-13-5-2-6-14-29)30(25)20-7-3-1-4-8-20/h1,3-4,7-9,11,15H,2,5-6,10,12-14,16-17H2,(H,26,32). The van der Waals surface area contributed by atoms with Gasteiger partial charge in [-0.2, -0.15) is 0 Å². The van der Waals surface area contributed by atoms with E-state index in [2.05, 4.69) is 25.0 Å². The number of nitrogens with one attached hydrogen (secondary N) is 1. The van der Waals surface area contributed by atoms with Gasteiger partial charge in [-0.25, -0.2) is 0 Å². The maximum Gasteiger partial charge on any atom is 0.224 e. The summed E-state index contributed by atoms with van der Waals surface area (Å²) in [7, 11) is 0. The highest BCUT2D eigenvalue weighted by atomic mass is 32.2. The van der Waals surface area contributed by atoms with E-state index in [-0.39, 0.29) is 17.4 Å². The minimum Gasteiger partial charge on any atom is -0.326 e. The topological polar surface area (TPSA) is 80.1 Å². The van der Waals surface area contributed by atoms with Crippen molar-refractivity contribution in [3.63, 3.8) is 0 Å². The maximum atomic E-state index is 13.0. The SMILES string of the molecule is O=C1CCc2cc(C(=O)CSc3nnc(CN4CCCCC4)n3-c3ccccc3)ccc2N1. The minimum atomic E-state index is 0.0257. The number of ketones is 1. The molecule has 0 atom stereocenters. The number of aryl methyl sites for hydroxylation is 1. The van der Waals surface area contributed by atoms with E-state index in [1.54, 1.807) is 6.07 Å². The summed E-state index contributed by atoms with van der Waals surface area (Å²) in [5.41, 5.74) is 3.49. The molecule has 0 unspecified atom stereocenters. The van der Waals surface area contributed by atoms with Crippen LogP contribution in [-0.4, -0.2) is 50.2 Å². The molecule has 1 amide bonds. The lowest BCUT2D eigenvalue weighted by Crippen LogP contribution is -2.30. The highest BCUT2D eigenvalue weighted by molar-refractivity contribution is 7.99. The Bertz CT molecular complexity index is 1150. The van der Waals surface area contributed by atoms with E-state index in [1.807, 2.05) is 42.5 Å². The molecular weight excluding hydrogens is 434 g/mol. The number of hydrogen-bond acceptors (Lipinski definition) is 6. The smallest absolute Gasteiger partial charge is 0.224 e. The van der Waals surface area contributed by atoms with Crippen molar-refractivity contribution in [2.75, 3.05) is 24.2 Å². The molecule has 33 heavy (non-hydrogen) atoms. The highest BCUT2D eigenvalue weighted by Gasteiger charge is 2.21. The molecule has 8 heteroatoms. The van der Waals surface area contributed by atoms with Crippen LogP contribution in [0.4, 0.5) is 5.69 Å². The Labute approximate surface area is 197 Å². The number of thioether (sulfide) groups is 1. The number of fused-ring (bicyclic) bond motifs is 1. The van der Waals surface area contributed by atoms with Crippen LogP contribution in [-0.2, 0) is 17.8 Å². The second-order valence-corrected chi connectivity index (χ2v) is 9.48. The van der Waals surface area contributed by atoms with Gasteiger partial charge in [0.1, 0.15) is 0 Å². The number of amides is 1. The molecule has 1 N–H and O–H groups in total. The molecule has 0 bridgehead atoms. The van der Waals surface area contributed by atoms with Gasteiger partial charge in [-0.05, 0) is 68.2 Å². The van der Waals surface area contributed by atoms with Gasteiger partial charge in [0.2, 0.25) is 5.91 Å². The lowest BCUT2D eigenvalue weighted by Gasteiger charge is -2.26. The zero-order valence-electron chi connectivity index (χ0n) is 18.5. The fraction of sp³-hybridized carbons (Fsp3) is 0.360. The molecular formula is C25H27N5O2S. The van der Waals surface area contributed by atoms with E-state index in [0.29, 0.717) is 18.4 Å². The van der Waals surface area contributed by atoms with Gasteiger partial charge in [0.05, 0.1) is 12.3 Å². The Morgan fingerprint density at radius 3 is 2.64 bits per heavy atom. The van der Waals surface area contributed by atoms with Crippen LogP contribution in [0.1, 0.15) is 47.4 Å². The number of benzene rings is 2. The number of anilines is 1. The molecule has 1 saturated heterocycles. The Balaban J connectivity index is 1.34. The highest BCUT2D eigenvalue weighted by Crippen LogP contribution is 2.27. The normalized spacial score (nSPS) is 16.3. The molecule has 5 rings (SSSR count). The monoisotopic (exact) mass is 461 g/mol. The van der Waals surface area contributed by atoms with Gasteiger partial charge >= 0.3 is 0 Å². The number of rotatable bonds is 7. The van der Waals surface area contributed by atoms with Crippen LogP contribution in [0.3, 0.4) is 0 Å². The molecule has 0 aliphatic carbocycles. The first-order chi connectivity index (χ1) is 16.2. The molecule has 2 aliphatic rings. The molecule has 3 heterocycles. The Morgan fingerprint density at radius 1 is 1.00 bits per heavy atom. The molecule has 2 aliphatic heterocycles. The van der Waals surface area contributed by atoms with Crippen molar-refractivity contribution in [2.24, 2.45) is 0 Å². The number of piperidine rings is 1. The summed E-state index contributed by atoms with van der Waals surface area (Å²) in [6.45, 7) is 2.93. The average Bonchev–Trinajstić information content (AvgIpc) is 3.25. The molecule has 170 valence electrons. The van der Waals surface area contributed by atoms with Crippen molar-refractivity contribution in [1.29, 1.82) is 0 Å². The van der Waals surface area contributed by atoms with E-state index in [1.165, 1.54) is 31.0 Å². The van der Waals surface area contributed by atoms with E-state index in [9.17, 15) is 9.59 Å². The zero-order valence-corrected chi connectivity index (χ0v) is 19.3. The molecule has 7 nitrogen and oxygen atoms in total. The largest absolute Gasteiger partial charge is 0.326 e. The Hall–Kier alpha value is -2.97. The lowest BCUT2D eigenvalue weighted by molar-refractivity contribution is -0.116. The minimum absolute atomic E-state index is 0.0257. The summed E-state index contributed by atoms with van der Waals surface area (Å²) in [5, 5.41) is 12.5. The van der Waals surface area contributed by atoms with Crippen molar-refractivity contribution < 1.29 is 9.59 Å². The van der Waals surface area contributed by atoms with Crippen LogP contribution >= 0.6 is 11.8 Å². The third-order valence-electron chi connectivity index (χ3n) is 6.18. The van der Waals surface area contributed by atoms with Crippen LogP contribution in [0.2, 0.25) is 0 Å². The molecule has 0 spiro atoms. The molecule has 1 aromatic heterocycles. The zero-order chi connectivity index (χ0) is 22.6. The van der Waals surface area contributed by atoms with Crippen LogP contribution < -0.4 is 5.32 Å². The Morgan fingerprint density at radius 2 is 1.82 bits per heavy atom. The number of likely N-dealkylation sites (tertiary alicyclic amines) is 1. The number of Topliss-reactive ketones (excluding diaryl/α,β-unsaturated/α-hetero) is 1. The van der Waals surface area contributed by atoms with Crippen molar-refractivity contribution >= 4 is 29.1 Å². The van der Waals surface area contributed by atoms with E-state index in [4.69, 9.17) is 0 Å². The number of carbonyl (C=O) groups excluding carboxylic acids is 2. The summed E-state index contributed by atoms with van der Waals surface area (Å²) in [4.78, 5) is 27.0. The second-order valence-electron chi connectivity index (χ2n) is 8.54. The van der Waals surface area contributed by atoms with E-state index in [0.717, 1.165) is 47.6 Å². The van der Waals surface area contributed by atoms with Gasteiger partial charge in [0.25, 0.3) is 0 Å². The summed E-state index contributed by atoms with van der Waals surface area (Å²) in [6, 6.07) is 15.6. The third kappa shape index (κ3) is 5.02. The molecule has 2 aromatic carbocycles. The quantitative estimate of drug-likeness (QED) is 0.421. The van der Waals surface area contributed by atoms with E-state index >= 15 is 0 Å². The van der Waals surface area contributed by atoms with Gasteiger partial charge in [-0.1, -0.05) is 36.4 Å². The summed E-state index contributed by atoms with van der Waals surface area (Å²) >= 11 is 1.42. The number of aromatic nitrogens is 3. The first-order valence-corrected chi connectivity index (χ1v) is 12.5. The number of carbonyl (C=O) groups is 2. The summed E-state index contributed by atoms with van der Waals surface area (Å²) in [5.74, 6) is 1.25.